The molecule has 0 saturated heterocycles. The van der Waals surface area contributed by atoms with Crippen molar-refractivity contribution in [3.8, 4) is 6.07 Å². The number of nitrogens with one attached hydrogen (secondary N) is 1. The number of benzene rings is 1. The average molecular weight is 229 g/mol. The Labute approximate surface area is 97.8 Å². The van der Waals surface area contributed by atoms with Crippen molar-refractivity contribution < 1.29 is 4.92 Å². The molecule has 5 nitrogen and oxygen atoms in total. The van der Waals surface area contributed by atoms with Crippen LogP contribution in [0.4, 0.5) is 5.69 Å². The van der Waals surface area contributed by atoms with Gasteiger partial charge in [-0.15, -0.1) is 0 Å². The van der Waals surface area contributed by atoms with E-state index in [2.05, 4.69) is 11.1 Å². The van der Waals surface area contributed by atoms with Crippen LogP contribution < -0.4 is 0 Å². The number of nitro benzene ring substituents is 1. The van der Waals surface area contributed by atoms with E-state index in [0.717, 1.165) is 29.4 Å². The van der Waals surface area contributed by atoms with Gasteiger partial charge in [-0.05, 0) is 25.0 Å². The number of hydrogen-bond acceptors (Lipinski definition) is 3. The number of aromatic nitrogens is 1. The smallest absolute Gasteiger partial charge is 0.270 e. The number of aromatic amines is 1. The zero-order valence-electron chi connectivity index (χ0n) is 9.14. The molecular weight excluding hydrogens is 218 g/mol. The number of rotatable bonds is 4. The minimum Gasteiger partial charge on any atom is -0.358 e. The van der Waals surface area contributed by atoms with Gasteiger partial charge in [0, 0.05) is 35.2 Å². The average Bonchev–Trinajstić information content (AvgIpc) is 2.70. The number of nitro groups is 1. The molecule has 5 heteroatoms. The molecule has 0 unspecified atom stereocenters. The van der Waals surface area contributed by atoms with Crippen LogP contribution in [0.2, 0.25) is 0 Å². The van der Waals surface area contributed by atoms with Crippen LogP contribution in [-0.2, 0) is 6.42 Å². The molecule has 0 spiro atoms. The van der Waals surface area contributed by atoms with E-state index < -0.39 is 4.92 Å². The maximum atomic E-state index is 10.6. The van der Waals surface area contributed by atoms with Gasteiger partial charge < -0.3 is 4.98 Å². The predicted molar refractivity (Wildman–Crippen MR) is 63.5 cm³/mol. The first-order chi connectivity index (χ1) is 8.20. The van der Waals surface area contributed by atoms with Gasteiger partial charge in [0.05, 0.1) is 11.0 Å². The molecule has 1 aromatic carbocycles. The molecule has 0 amide bonds. The lowest BCUT2D eigenvalue weighted by Crippen LogP contribution is -1.86. The number of H-pyrrole nitrogens is 1. The summed E-state index contributed by atoms with van der Waals surface area (Å²) in [5, 5.41) is 19.9. The van der Waals surface area contributed by atoms with Crippen LogP contribution >= 0.6 is 0 Å². The molecule has 2 aromatic rings. The highest BCUT2D eigenvalue weighted by Crippen LogP contribution is 2.22. The molecule has 1 aromatic heterocycles. The Kier molecular flexibility index (Phi) is 3.06. The highest BCUT2D eigenvalue weighted by atomic mass is 16.6. The van der Waals surface area contributed by atoms with Crippen LogP contribution in [0.15, 0.2) is 24.3 Å². The largest absolute Gasteiger partial charge is 0.358 e. The summed E-state index contributed by atoms with van der Waals surface area (Å²) in [6, 6.07) is 8.74. The summed E-state index contributed by atoms with van der Waals surface area (Å²) in [5.74, 6) is 0. The predicted octanol–water partition coefficient (Wildman–Crippen LogP) is 2.92. The lowest BCUT2D eigenvalue weighted by molar-refractivity contribution is -0.384. The van der Waals surface area contributed by atoms with Crippen LogP contribution in [-0.4, -0.2) is 9.91 Å². The number of nitrogens with zero attached hydrogens (tertiary/aromatic N) is 2. The second-order valence-electron chi connectivity index (χ2n) is 3.83. The first-order valence-corrected chi connectivity index (χ1v) is 5.33. The molecule has 86 valence electrons. The summed E-state index contributed by atoms with van der Waals surface area (Å²) < 4.78 is 0. The van der Waals surface area contributed by atoms with Crippen molar-refractivity contribution in [3.63, 3.8) is 0 Å². The number of unbranched alkanes of at least 4 members (excludes halogenated alkanes) is 1. The van der Waals surface area contributed by atoms with Crippen molar-refractivity contribution in [1.29, 1.82) is 5.26 Å². The highest BCUT2D eigenvalue weighted by molar-refractivity contribution is 5.82. The Bertz CT molecular complexity index is 595. The molecule has 0 aliphatic heterocycles. The molecule has 2 rings (SSSR count). The van der Waals surface area contributed by atoms with Crippen LogP contribution in [0.1, 0.15) is 18.5 Å². The van der Waals surface area contributed by atoms with Gasteiger partial charge in [-0.3, -0.25) is 10.1 Å². The topological polar surface area (TPSA) is 82.7 Å². The molecular formula is C12H11N3O2. The van der Waals surface area contributed by atoms with E-state index in [0.29, 0.717) is 6.42 Å². The minimum absolute atomic E-state index is 0.0973. The SMILES string of the molecule is N#CCCCc1cc2cc([N+](=O)[O-])ccc2[nH]1. The summed E-state index contributed by atoms with van der Waals surface area (Å²) in [5.41, 5.74) is 2.00. The molecule has 0 bridgehead atoms. The van der Waals surface area contributed by atoms with Gasteiger partial charge >= 0.3 is 0 Å². The molecule has 0 radical (unpaired) electrons. The number of nitriles is 1. The Morgan fingerprint density at radius 1 is 1.41 bits per heavy atom. The standard InChI is InChI=1S/C12H11N3O2/c13-6-2-1-3-10-7-9-8-11(15(16)17)4-5-12(9)14-10/h4-5,7-8,14H,1-3H2. The zero-order chi connectivity index (χ0) is 12.3. The van der Waals surface area contributed by atoms with Gasteiger partial charge in [-0.2, -0.15) is 5.26 Å². The van der Waals surface area contributed by atoms with Gasteiger partial charge in [0.1, 0.15) is 0 Å². The lowest BCUT2D eigenvalue weighted by atomic mass is 10.2. The van der Waals surface area contributed by atoms with Gasteiger partial charge in [0.25, 0.3) is 5.69 Å². The Morgan fingerprint density at radius 2 is 2.24 bits per heavy atom. The maximum Gasteiger partial charge on any atom is 0.270 e. The Balaban J connectivity index is 2.25. The fourth-order valence-corrected chi connectivity index (χ4v) is 1.79. The fourth-order valence-electron chi connectivity index (χ4n) is 1.79. The molecule has 17 heavy (non-hydrogen) atoms. The number of hydrogen-bond donors (Lipinski definition) is 1. The third-order valence-electron chi connectivity index (χ3n) is 2.61. The summed E-state index contributed by atoms with van der Waals surface area (Å²) >= 11 is 0. The molecule has 1 heterocycles. The monoisotopic (exact) mass is 229 g/mol. The summed E-state index contributed by atoms with van der Waals surface area (Å²) in [4.78, 5) is 13.4. The van der Waals surface area contributed by atoms with Gasteiger partial charge in [0.15, 0.2) is 0 Å². The van der Waals surface area contributed by atoms with Crippen molar-refractivity contribution in [2.75, 3.05) is 0 Å². The van der Waals surface area contributed by atoms with E-state index in [1.54, 1.807) is 12.1 Å². The zero-order valence-corrected chi connectivity index (χ0v) is 9.14. The Morgan fingerprint density at radius 3 is 2.94 bits per heavy atom. The third kappa shape index (κ3) is 2.42. The van der Waals surface area contributed by atoms with E-state index in [1.165, 1.54) is 6.07 Å². The first-order valence-electron chi connectivity index (χ1n) is 5.33. The summed E-state index contributed by atoms with van der Waals surface area (Å²) in [6.45, 7) is 0. The van der Waals surface area contributed by atoms with Crippen LogP contribution in [0.5, 0.6) is 0 Å². The second kappa shape index (κ2) is 4.66. The van der Waals surface area contributed by atoms with E-state index in [1.807, 2.05) is 6.07 Å². The molecule has 0 saturated carbocycles. The Hall–Kier alpha value is -2.35. The van der Waals surface area contributed by atoms with E-state index in [9.17, 15) is 10.1 Å². The molecule has 0 aliphatic carbocycles. The molecule has 0 aliphatic rings. The minimum atomic E-state index is -0.401. The van der Waals surface area contributed by atoms with Crippen LogP contribution in [0, 0.1) is 21.4 Å². The van der Waals surface area contributed by atoms with Gasteiger partial charge in [-0.1, -0.05) is 0 Å². The summed E-state index contributed by atoms with van der Waals surface area (Å²) in [6.07, 6.45) is 2.11. The number of aryl methyl sites for hydroxylation is 1. The lowest BCUT2D eigenvalue weighted by Gasteiger charge is -1.91. The molecule has 0 atom stereocenters. The first kappa shape index (κ1) is 11.1. The van der Waals surface area contributed by atoms with Crippen molar-refractivity contribution in [2.24, 2.45) is 0 Å². The number of non-ortho nitro benzene ring substituents is 1. The summed E-state index contributed by atoms with van der Waals surface area (Å²) in [7, 11) is 0. The fraction of sp³-hybridized carbons (Fsp3) is 0.250. The van der Waals surface area contributed by atoms with E-state index >= 15 is 0 Å². The quantitative estimate of drug-likeness (QED) is 0.497. The van der Waals surface area contributed by atoms with E-state index in [-0.39, 0.29) is 5.69 Å². The molecule has 0 fully saturated rings. The van der Waals surface area contributed by atoms with Gasteiger partial charge in [-0.25, -0.2) is 0 Å². The maximum absolute atomic E-state index is 10.6. The van der Waals surface area contributed by atoms with Crippen LogP contribution in [0.3, 0.4) is 0 Å². The van der Waals surface area contributed by atoms with Crippen LogP contribution in [0.25, 0.3) is 10.9 Å². The molecule has 1 N–H and O–H groups in total. The van der Waals surface area contributed by atoms with Crippen molar-refractivity contribution in [3.05, 3.63) is 40.1 Å². The van der Waals surface area contributed by atoms with Crippen molar-refractivity contribution in [2.45, 2.75) is 19.3 Å². The van der Waals surface area contributed by atoms with Gasteiger partial charge in [0.2, 0.25) is 0 Å². The second-order valence-corrected chi connectivity index (χ2v) is 3.83. The normalized spacial score (nSPS) is 10.3. The number of fused-ring (bicyclic) bond motifs is 1. The highest BCUT2D eigenvalue weighted by Gasteiger charge is 2.08. The van der Waals surface area contributed by atoms with Crippen molar-refractivity contribution >= 4 is 16.6 Å². The van der Waals surface area contributed by atoms with E-state index in [4.69, 9.17) is 5.26 Å². The van der Waals surface area contributed by atoms with Crippen molar-refractivity contribution in [1.82, 2.24) is 4.98 Å². The third-order valence-corrected chi connectivity index (χ3v) is 2.61.